The molecule has 0 saturated heterocycles. The van der Waals surface area contributed by atoms with Gasteiger partial charge in [-0.2, -0.15) is 10.5 Å². The summed E-state index contributed by atoms with van der Waals surface area (Å²) in [5, 5.41) is 28.9. The molecule has 0 amide bonds. The van der Waals surface area contributed by atoms with Crippen molar-refractivity contribution in [1.29, 1.82) is 10.5 Å². The molecule has 1 aromatic rings. The molecule has 15 heavy (non-hydrogen) atoms. The number of nitrogens with zero attached hydrogens (tertiary/aromatic N) is 2. The fraction of sp³-hybridized carbons (Fsp3) is 0.300. The third-order valence-electron chi connectivity index (χ3n) is 2.43. The van der Waals surface area contributed by atoms with E-state index in [9.17, 15) is 9.90 Å². The highest BCUT2D eigenvalue weighted by atomic mass is 16.3. The lowest BCUT2D eigenvalue weighted by molar-refractivity contribution is -0.275. The third kappa shape index (κ3) is 1.35. The van der Waals surface area contributed by atoms with Crippen LogP contribution in [0.1, 0.15) is 35.4 Å². The molecule has 5 nitrogen and oxygen atoms in total. The van der Waals surface area contributed by atoms with Gasteiger partial charge in [0.25, 0.3) is 5.56 Å². The first kappa shape index (κ1) is 9.29. The highest BCUT2D eigenvalue weighted by molar-refractivity contribution is 5.54. The average molecular weight is 200 g/mol. The van der Waals surface area contributed by atoms with Crippen LogP contribution in [0, 0.1) is 22.7 Å². The van der Waals surface area contributed by atoms with Crippen LogP contribution in [0.25, 0.3) is 0 Å². The Hall–Kier alpha value is -2.27. The minimum atomic E-state index is -0.691. The van der Waals surface area contributed by atoms with E-state index in [1.165, 1.54) is 0 Å². The van der Waals surface area contributed by atoms with Crippen molar-refractivity contribution >= 4 is 0 Å². The second-order valence-corrected chi connectivity index (χ2v) is 3.44. The Kier molecular flexibility index (Phi) is 1.95. The fourth-order valence-corrected chi connectivity index (χ4v) is 1.60. The van der Waals surface area contributed by atoms with Crippen LogP contribution in [-0.4, -0.2) is 4.98 Å². The highest BCUT2D eigenvalue weighted by Gasteiger charge is 2.30. The van der Waals surface area contributed by atoms with Crippen LogP contribution in [0.4, 0.5) is 0 Å². The van der Waals surface area contributed by atoms with Gasteiger partial charge in [-0.1, -0.05) is 0 Å². The molecule has 74 valence electrons. The SMILES string of the molecule is N#Cc1c([O-])[nH]c(=O)c(C#N)c1C1CC1. The molecule has 1 saturated carbocycles. The number of aromatic amines is 1. The molecule has 0 atom stereocenters. The van der Waals surface area contributed by atoms with E-state index in [0.717, 1.165) is 12.8 Å². The number of rotatable bonds is 1. The van der Waals surface area contributed by atoms with Gasteiger partial charge in [0.15, 0.2) is 0 Å². The van der Waals surface area contributed by atoms with Crippen molar-refractivity contribution in [2.24, 2.45) is 0 Å². The highest BCUT2D eigenvalue weighted by Crippen LogP contribution is 2.43. The third-order valence-corrected chi connectivity index (χ3v) is 2.43. The molecule has 0 bridgehead atoms. The molecule has 1 fully saturated rings. The zero-order valence-corrected chi connectivity index (χ0v) is 7.70. The van der Waals surface area contributed by atoms with Crippen molar-refractivity contribution in [2.45, 2.75) is 18.8 Å². The van der Waals surface area contributed by atoms with Crippen LogP contribution in [0.5, 0.6) is 5.88 Å². The zero-order chi connectivity index (χ0) is 11.0. The summed E-state index contributed by atoms with van der Waals surface area (Å²) in [5.41, 5.74) is -0.528. The maximum atomic E-state index is 11.3. The molecule has 1 aliphatic rings. The van der Waals surface area contributed by atoms with E-state index >= 15 is 0 Å². The van der Waals surface area contributed by atoms with Crippen LogP contribution < -0.4 is 10.7 Å². The molecule has 0 radical (unpaired) electrons. The lowest BCUT2D eigenvalue weighted by atomic mass is 10.0. The van der Waals surface area contributed by atoms with Crippen molar-refractivity contribution in [3.63, 3.8) is 0 Å². The summed E-state index contributed by atoms with van der Waals surface area (Å²) in [6, 6.07) is 3.51. The number of pyridine rings is 1. The minimum absolute atomic E-state index is 0.0318. The Labute approximate surface area is 85.2 Å². The van der Waals surface area contributed by atoms with E-state index in [2.05, 4.69) is 0 Å². The van der Waals surface area contributed by atoms with E-state index in [0.29, 0.717) is 5.56 Å². The fourth-order valence-electron chi connectivity index (χ4n) is 1.60. The standard InChI is InChI=1S/C10H7N3O2/c11-3-6-8(5-1-2-5)7(4-12)10(15)13-9(6)14/h5H,1-2H2,(H2,13,14,15)/p-1. The Morgan fingerprint density at radius 3 is 2.33 bits per heavy atom. The monoisotopic (exact) mass is 200 g/mol. The van der Waals surface area contributed by atoms with Crippen LogP contribution in [0.15, 0.2) is 4.79 Å². The molecule has 1 aliphatic carbocycles. The normalized spacial score (nSPS) is 14.3. The van der Waals surface area contributed by atoms with Crippen molar-refractivity contribution in [2.75, 3.05) is 0 Å². The Morgan fingerprint density at radius 2 is 1.87 bits per heavy atom. The predicted octanol–water partition coefficient (Wildman–Crippen LogP) is 0.0693. The molecule has 5 heteroatoms. The van der Waals surface area contributed by atoms with Gasteiger partial charge in [-0.25, -0.2) is 0 Å². The van der Waals surface area contributed by atoms with E-state index in [1.807, 2.05) is 4.98 Å². The molecule has 0 aliphatic heterocycles. The second-order valence-electron chi connectivity index (χ2n) is 3.44. The van der Waals surface area contributed by atoms with Gasteiger partial charge < -0.3 is 10.1 Å². The van der Waals surface area contributed by atoms with E-state index in [4.69, 9.17) is 10.5 Å². The van der Waals surface area contributed by atoms with Crippen molar-refractivity contribution in [1.82, 2.24) is 4.98 Å². The predicted molar refractivity (Wildman–Crippen MR) is 47.9 cm³/mol. The Balaban J connectivity index is 2.82. The molecule has 2 rings (SSSR count). The number of hydrogen-bond donors (Lipinski definition) is 1. The largest absolute Gasteiger partial charge is 0.859 e. The first-order valence-electron chi connectivity index (χ1n) is 4.46. The second kappa shape index (κ2) is 3.14. The first-order valence-corrected chi connectivity index (χ1v) is 4.46. The number of H-pyrrole nitrogens is 1. The molecule has 0 spiro atoms. The quantitative estimate of drug-likeness (QED) is 0.692. The zero-order valence-electron chi connectivity index (χ0n) is 7.70. The number of hydrogen-bond acceptors (Lipinski definition) is 4. The van der Waals surface area contributed by atoms with Gasteiger partial charge in [0.1, 0.15) is 17.7 Å². The van der Waals surface area contributed by atoms with Gasteiger partial charge in [0, 0.05) is 0 Å². The summed E-state index contributed by atoms with van der Waals surface area (Å²) >= 11 is 0. The molecule has 0 unspecified atom stereocenters. The summed E-state index contributed by atoms with van der Waals surface area (Å²) in [6.07, 6.45) is 1.65. The molecular formula is C10H6N3O2-. The van der Waals surface area contributed by atoms with Crippen LogP contribution in [-0.2, 0) is 0 Å². The summed E-state index contributed by atoms with van der Waals surface area (Å²) in [6.45, 7) is 0. The summed E-state index contributed by atoms with van der Waals surface area (Å²) in [4.78, 5) is 13.3. The molecule has 1 heterocycles. The van der Waals surface area contributed by atoms with Gasteiger partial charge in [-0.3, -0.25) is 4.79 Å². The topological polar surface area (TPSA) is 104 Å². The maximum absolute atomic E-state index is 11.3. The van der Waals surface area contributed by atoms with Gasteiger partial charge in [-0.15, -0.1) is 0 Å². The molecule has 0 aromatic carbocycles. The average Bonchev–Trinajstić information content (AvgIpc) is 3.00. The van der Waals surface area contributed by atoms with E-state index in [-0.39, 0.29) is 17.0 Å². The van der Waals surface area contributed by atoms with Gasteiger partial charge in [0.05, 0.1) is 5.56 Å². The van der Waals surface area contributed by atoms with Crippen molar-refractivity contribution in [3.05, 3.63) is 27.0 Å². The molecule has 1 N–H and O–H groups in total. The number of nitriles is 2. The van der Waals surface area contributed by atoms with Gasteiger partial charge >= 0.3 is 0 Å². The summed E-state index contributed by atoms with van der Waals surface area (Å²) in [5.74, 6) is -0.660. The molecular weight excluding hydrogens is 194 g/mol. The number of aromatic nitrogens is 1. The summed E-state index contributed by atoms with van der Waals surface area (Å²) in [7, 11) is 0. The lowest BCUT2D eigenvalue weighted by Crippen LogP contribution is -2.18. The van der Waals surface area contributed by atoms with Crippen molar-refractivity contribution < 1.29 is 5.11 Å². The lowest BCUT2D eigenvalue weighted by Gasteiger charge is -2.12. The first-order chi connectivity index (χ1) is 7.19. The smallest absolute Gasteiger partial charge is 0.265 e. The van der Waals surface area contributed by atoms with Crippen molar-refractivity contribution in [3.8, 4) is 18.0 Å². The van der Waals surface area contributed by atoms with Crippen LogP contribution >= 0.6 is 0 Å². The molecule has 1 aromatic heterocycles. The number of nitrogens with one attached hydrogen (secondary N) is 1. The minimum Gasteiger partial charge on any atom is -0.859 e. The van der Waals surface area contributed by atoms with Crippen LogP contribution in [0.2, 0.25) is 0 Å². The van der Waals surface area contributed by atoms with Gasteiger partial charge in [0.2, 0.25) is 0 Å². The Morgan fingerprint density at radius 1 is 1.27 bits per heavy atom. The summed E-state index contributed by atoms with van der Waals surface area (Å²) < 4.78 is 0. The van der Waals surface area contributed by atoms with E-state index < -0.39 is 11.4 Å². The van der Waals surface area contributed by atoms with E-state index in [1.54, 1.807) is 12.1 Å². The maximum Gasteiger partial charge on any atom is 0.265 e. The van der Waals surface area contributed by atoms with Gasteiger partial charge in [-0.05, 0) is 30.2 Å². The Bertz CT molecular complexity index is 556. The van der Waals surface area contributed by atoms with Crippen LogP contribution in [0.3, 0.4) is 0 Å².